The number of nitriles is 1. The molecule has 1 aromatic carbocycles. The largest absolute Gasteiger partial charge is 0.322 e. The van der Waals surface area contributed by atoms with Crippen LogP contribution in [0.1, 0.15) is 56.3 Å². The minimum absolute atomic E-state index is 0.0146. The van der Waals surface area contributed by atoms with Gasteiger partial charge in [0.15, 0.2) is 0 Å². The summed E-state index contributed by atoms with van der Waals surface area (Å²) >= 11 is 0. The van der Waals surface area contributed by atoms with Crippen LogP contribution in [0.15, 0.2) is 42.7 Å². The molecule has 2 saturated carbocycles. The van der Waals surface area contributed by atoms with Crippen LogP contribution in [0.2, 0.25) is 0 Å². The lowest BCUT2D eigenvalue weighted by Crippen LogP contribution is -2.56. The fourth-order valence-electron chi connectivity index (χ4n) is 6.33. The average molecular weight is 502 g/mol. The van der Waals surface area contributed by atoms with E-state index in [1.807, 2.05) is 6.07 Å². The highest BCUT2D eigenvalue weighted by molar-refractivity contribution is 5.94. The summed E-state index contributed by atoms with van der Waals surface area (Å²) in [5.41, 5.74) is 1.43. The third-order valence-corrected chi connectivity index (χ3v) is 8.77. The molecule has 1 saturated heterocycles. The van der Waals surface area contributed by atoms with Crippen molar-refractivity contribution in [2.45, 2.75) is 56.0 Å². The highest BCUT2D eigenvalue weighted by Gasteiger charge is 2.55. The molecule has 2 aliphatic carbocycles. The Bertz CT molecular complexity index is 1160. The van der Waals surface area contributed by atoms with Gasteiger partial charge in [-0.1, -0.05) is 36.8 Å². The van der Waals surface area contributed by atoms with Gasteiger partial charge in [0.2, 0.25) is 11.7 Å². The van der Waals surface area contributed by atoms with Crippen molar-refractivity contribution in [1.29, 1.82) is 5.26 Å². The molecule has 3 aliphatic rings. The van der Waals surface area contributed by atoms with E-state index in [0.717, 1.165) is 32.2 Å². The van der Waals surface area contributed by atoms with Gasteiger partial charge in [0.25, 0.3) is 0 Å². The van der Waals surface area contributed by atoms with Crippen LogP contribution < -0.4 is 5.32 Å². The second kappa shape index (κ2) is 10.1. The van der Waals surface area contributed by atoms with Gasteiger partial charge < -0.3 is 15.1 Å². The summed E-state index contributed by atoms with van der Waals surface area (Å²) in [6.45, 7) is 1.33. The van der Waals surface area contributed by atoms with E-state index in [1.54, 1.807) is 4.90 Å². The van der Waals surface area contributed by atoms with E-state index in [1.165, 1.54) is 37.2 Å². The van der Waals surface area contributed by atoms with Gasteiger partial charge in [0.1, 0.15) is 12.6 Å². The molecule has 0 unspecified atom stereocenters. The Kier molecular flexibility index (Phi) is 6.86. The maximum Gasteiger partial charge on any atom is 0.321 e. The van der Waals surface area contributed by atoms with E-state index in [9.17, 15) is 9.59 Å². The van der Waals surface area contributed by atoms with Gasteiger partial charge in [-0.3, -0.25) is 9.69 Å². The van der Waals surface area contributed by atoms with Crippen molar-refractivity contribution >= 4 is 17.6 Å². The summed E-state index contributed by atoms with van der Waals surface area (Å²) in [5.74, 6) is 0.313. The van der Waals surface area contributed by atoms with E-state index in [4.69, 9.17) is 5.26 Å². The van der Waals surface area contributed by atoms with Gasteiger partial charge in [-0.25, -0.2) is 14.8 Å². The Morgan fingerprint density at radius 2 is 1.81 bits per heavy atom. The maximum atomic E-state index is 13.7. The van der Waals surface area contributed by atoms with Gasteiger partial charge in [-0.15, -0.1) is 0 Å². The zero-order valence-electron chi connectivity index (χ0n) is 21.7. The zero-order chi connectivity index (χ0) is 26.0. The monoisotopic (exact) mass is 501 g/mol. The average Bonchev–Trinajstić information content (AvgIpc) is 3.12. The zero-order valence-corrected chi connectivity index (χ0v) is 21.7. The number of nitrogens with one attached hydrogen (secondary N) is 1. The van der Waals surface area contributed by atoms with Crippen molar-refractivity contribution in [2.75, 3.05) is 39.0 Å². The lowest BCUT2D eigenvalue weighted by molar-refractivity contribution is -0.116. The number of benzene rings is 1. The van der Waals surface area contributed by atoms with Crippen LogP contribution in [-0.4, -0.2) is 75.9 Å². The number of rotatable bonds is 7. The highest BCUT2D eigenvalue weighted by atomic mass is 16.2. The molecule has 37 heavy (non-hydrogen) atoms. The minimum Gasteiger partial charge on any atom is -0.322 e. The van der Waals surface area contributed by atoms with E-state index >= 15 is 0 Å². The third kappa shape index (κ3) is 4.78. The first-order chi connectivity index (χ1) is 17.8. The highest BCUT2D eigenvalue weighted by Crippen LogP contribution is 2.49. The van der Waals surface area contributed by atoms with Crippen LogP contribution in [0.3, 0.4) is 0 Å². The second-order valence-electron chi connectivity index (χ2n) is 11.0. The summed E-state index contributed by atoms with van der Waals surface area (Å²) in [6, 6.07) is 12.5. The summed E-state index contributed by atoms with van der Waals surface area (Å²) in [6.07, 6.45) is 10.1. The molecule has 3 amide bonds. The molecule has 0 bridgehead atoms. The Morgan fingerprint density at radius 1 is 1.14 bits per heavy atom. The first-order valence-electron chi connectivity index (χ1n) is 13.2. The number of anilines is 1. The molecule has 0 atom stereocenters. The van der Waals surface area contributed by atoms with Gasteiger partial charge in [0, 0.05) is 18.6 Å². The molecule has 3 fully saturated rings. The van der Waals surface area contributed by atoms with E-state index in [0.29, 0.717) is 18.2 Å². The number of aromatic nitrogens is 2. The Balaban J connectivity index is 1.33. The summed E-state index contributed by atoms with van der Waals surface area (Å²) in [5, 5.41) is 11.6. The van der Waals surface area contributed by atoms with Crippen LogP contribution in [-0.2, 0) is 10.3 Å². The fraction of sp³-hybridized carbons (Fsp3) is 0.536. The maximum absolute atomic E-state index is 13.7. The Labute approximate surface area is 218 Å². The van der Waals surface area contributed by atoms with Gasteiger partial charge >= 0.3 is 6.03 Å². The topological polar surface area (TPSA) is 105 Å². The standard InChI is InChI=1S/C28H35N7O2/c1-33(2)28(22-9-4-3-5-10-22)13-11-27(12-14-28)20-34(26(37)35(27)18-21-7-6-8-21)19-25(36)32-23-16-30-24(15-29)31-17-23/h3-5,9-10,16-17,21H,6-8,11-14,18-20H2,1-2H3,(H,32,36). The smallest absolute Gasteiger partial charge is 0.321 e. The van der Waals surface area contributed by atoms with E-state index in [2.05, 4.69) is 69.5 Å². The molecule has 1 aromatic heterocycles. The van der Waals surface area contributed by atoms with Crippen molar-refractivity contribution in [3.05, 3.63) is 54.1 Å². The SMILES string of the molecule is CN(C)C1(c2ccccc2)CCC2(CC1)CN(CC(=O)Nc1cnc(C#N)nc1)C(=O)N2CC1CCC1. The number of urea groups is 1. The molecular formula is C28H35N7O2. The van der Waals surface area contributed by atoms with Crippen molar-refractivity contribution < 1.29 is 9.59 Å². The van der Waals surface area contributed by atoms with Crippen LogP contribution in [0.25, 0.3) is 0 Å². The van der Waals surface area contributed by atoms with Gasteiger partial charge in [-0.05, 0) is 64.1 Å². The molecule has 1 N–H and O–H groups in total. The van der Waals surface area contributed by atoms with Crippen molar-refractivity contribution in [3.8, 4) is 6.07 Å². The number of nitrogens with zero attached hydrogens (tertiary/aromatic N) is 6. The van der Waals surface area contributed by atoms with Crippen molar-refractivity contribution in [1.82, 2.24) is 24.7 Å². The molecule has 194 valence electrons. The predicted molar refractivity (Wildman–Crippen MR) is 139 cm³/mol. The molecule has 0 radical (unpaired) electrons. The van der Waals surface area contributed by atoms with Crippen molar-refractivity contribution in [2.24, 2.45) is 5.92 Å². The Hall–Kier alpha value is -3.51. The minimum atomic E-state index is -0.287. The lowest BCUT2D eigenvalue weighted by atomic mass is 9.68. The van der Waals surface area contributed by atoms with Crippen LogP contribution in [0.4, 0.5) is 10.5 Å². The normalized spacial score (nSPS) is 25.8. The quantitative estimate of drug-likeness (QED) is 0.622. The fourth-order valence-corrected chi connectivity index (χ4v) is 6.33. The van der Waals surface area contributed by atoms with Crippen LogP contribution in [0, 0.1) is 17.2 Å². The number of carbonyl (C=O) groups excluding carboxylic acids is 2. The molecular weight excluding hydrogens is 466 g/mol. The number of carbonyl (C=O) groups is 2. The number of hydrogen-bond donors (Lipinski definition) is 1. The molecule has 1 aliphatic heterocycles. The first-order valence-corrected chi connectivity index (χ1v) is 13.2. The molecule has 9 nitrogen and oxygen atoms in total. The third-order valence-electron chi connectivity index (χ3n) is 8.77. The first kappa shape index (κ1) is 25.2. The summed E-state index contributed by atoms with van der Waals surface area (Å²) in [4.78, 5) is 40.5. The molecule has 1 spiro atoms. The van der Waals surface area contributed by atoms with E-state index in [-0.39, 0.29) is 35.4 Å². The lowest BCUT2D eigenvalue weighted by Gasteiger charge is -2.51. The summed E-state index contributed by atoms with van der Waals surface area (Å²) < 4.78 is 0. The van der Waals surface area contributed by atoms with Crippen molar-refractivity contribution in [3.63, 3.8) is 0 Å². The van der Waals surface area contributed by atoms with Gasteiger partial charge in [0.05, 0.1) is 23.6 Å². The second-order valence-corrected chi connectivity index (χ2v) is 11.0. The van der Waals surface area contributed by atoms with Crippen LogP contribution >= 0.6 is 0 Å². The number of amides is 3. The molecule has 2 aromatic rings. The molecule has 9 heteroatoms. The predicted octanol–water partition coefficient (Wildman–Crippen LogP) is 3.59. The molecule has 5 rings (SSSR count). The van der Waals surface area contributed by atoms with Crippen LogP contribution in [0.5, 0.6) is 0 Å². The Morgan fingerprint density at radius 3 is 2.38 bits per heavy atom. The number of hydrogen-bond acceptors (Lipinski definition) is 6. The van der Waals surface area contributed by atoms with Gasteiger partial charge in [-0.2, -0.15) is 5.26 Å². The summed E-state index contributed by atoms with van der Waals surface area (Å²) in [7, 11) is 4.31. The molecule has 2 heterocycles. The van der Waals surface area contributed by atoms with E-state index < -0.39 is 0 Å².